The number of aliphatic hydroxyl groups excluding tert-OH is 1. The molecule has 118 valence electrons. The van der Waals surface area contributed by atoms with Gasteiger partial charge in [0.2, 0.25) is 0 Å². The predicted molar refractivity (Wildman–Crippen MR) is 85.9 cm³/mol. The first kappa shape index (κ1) is 16.6. The normalized spacial score (nSPS) is 11.7. The van der Waals surface area contributed by atoms with Crippen LogP contribution in [-0.4, -0.2) is 10.9 Å². The summed E-state index contributed by atoms with van der Waals surface area (Å²) in [6.07, 6.45) is 1.53. The number of hydrogen-bond acceptors (Lipinski definition) is 2. The number of halogens is 2. The molecular formula is C19H16F2O2. The van der Waals surface area contributed by atoms with Crippen LogP contribution in [0.15, 0.2) is 65.9 Å². The van der Waals surface area contributed by atoms with Crippen LogP contribution in [0.3, 0.4) is 0 Å². The highest BCUT2D eigenvalue weighted by Crippen LogP contribution is 2.26. The van der Waals surface area contributed by atoms with Gasteiger partial charge in [0.25, 0.3) is 0 Å². The van der Waals surface area contributed by atoms with Crippen molar-refractivity contribution in [1.82, 2.24) is 0 Å². The van der Waals surface area contributed by atoms with E-state index in [-0.39, 0.29) is 28.7 Å². The maximum Gasteiger partial charge on any atom is 0.163 e. The number of Topliss-reactive ketones (excluding diaryl/α,β-unsaturated/α-hetero) is 1. The molecule has 0 saturated carbocycles. The quantitative estimate of drug-likeness (QED) is 0.499. The van der Waals surface area contributed by atoms with Gasteiger partial charge < -0.3 is 5.11 Å². The van der Waals surface area contributed by atoms with Crippen LogP contribution in [0.2, 0.25) is 0 Å². The molecule has 2 aromatic carbocycles. The van der Waals surface area contributed by atoms with E-state index in [0.717, 1.165) is 0 Å². The summed E-state index contributed by atoms with van der Waals surface area (Å²) in [6, 6.07) is 11.5. The zero-order valence-electron chi connectivity index (χ0n) is 12.8. The lowest BCUT2D eigenvalue weighted by atomic mass is 9.94. The number of carbonyl (C=O) groups is 1. The van der Waals surface area contributed by atoms with E-state index in [1.165, 1.54) is 44.2 Å². The van der Waals surface area contributed by atoms with Crippen LogP contribution in [0.4, 0.5) is 8.78 Å². The average Bonchev–Trinajstić information content (AvgIpc) is 2.50. The Hall–Kier alpha value is -2.75. The van der Waals surface area contributed by atoms with Gasteiger partial charge in [0.15, 0.2) is 5.78 Å². The highest BCUT2D eigenvalue weighted by atomic mass is 19.1. The standard InChI is InChI=1S/C19H16F2O2/c1-12(22)18(13(2)23)11-19(14-3-7-16(20)8-4-14)15-5-9-17(21)10-6-15/h3-11,22H,1-2H3/b18-12+. The summed E-state index contributed by atoms with van der Waals surface area (Å²) < 4.78 is 26.3. The second kappa shape index (κ2) is 7.01. The van der Waals surface area contributed by atoms with Crippen molar-refractivity contribution in [2.45, 2.75) is 13.8 Å². The van der Waals surface area contributed by atoms with Gasteiger partial charge in [-0.15, -0.1) is 0 Å². The van der Waals surface area contributed by atoms with E-state index >= 15 is 0 Å². The van der Waals surface area contributed by atoms with Crippen LogP contribution in [0.5, 0.6) is 0 Å². The van der Waals surface area contributed by atoms with E-state index in [9.17, 15) is 18.7 Å². The van der Waals surface area contributed by atoms with E-state index < -0.39 is 0 Å². The molecule has 2 rings (SSSR count). The molecule has 0 atom stereocenters. The Labute approximate surface area is 133 Å². The highest BCUT2D eigenvalue weighted by molar-refractivity contribution is 5.99. The molecule has 23 heavy (non-hydrogen) atoms. The first-order valence-electron chi connectivity index (χ1n) is 7.03. The molecule has 2 nitrogen and oxygen atoms in total. The van der Waals surface area contributed by atoms with Crippen molar-refractivity contribution < 1.29 is 18.7 Å². The highest BCUT2D eigenvalue weighted by Gasteiger charge is 2.11. The summed E-state index contributed by atoms with van der Waals surface area (Å²) in [5, 5.41) is 9.71. The largest absolute Gasteiger partial charge is 0.512 e. The van der Waals surface area contributed by atoms with Crippen molar-refractivity contribution in [3.63, 3.8) is 0 Å². The third-order valence-corrected chi connectivity index (χ3v) is 3.37. The molecule has 0 unspecified atom stereocenters. The molecule has 0 saturated heterocycles. The van der Waals surface area contributed by atoms with E-state index in [4.69, 9.17) is 0 Å². The SMILES string of the molecule is CC(=O)/C(C=C(c1ccc(F)cc1)c1ccc(F)cc1)=C(\C)O. The van der Waals surface area contributed by atoms with Crippen LogP contribution in [0, 0.1) is 11.6 Å². The molecular weight excluding hydrogens is 298 g/mol. The van der Waals surface area contributed by atoms with Gasteiger partial charge in [-0.1, -0.05) is 24.3 Å². The van der Waals surface area contributed by atoms with Crippen LogP contribution in [0.1, 0.15) is 25.0 Å². The van der Waals surface area contributed by atoms with E-state index in [0.29, 0.717) is 16.7 Å². The van der Waals surface area contributed by atoms with Crippen LogP contribution >= 0.6 is 0 Å². The van der Waals surface area contributed by atoms with E-state index in [1.807, 2.05) is 0 Å². The third-order valence-electron chi connectivity index (χ3n) is 3.37. The molecule has 4 heteroatoms. The Bertz CT molecular complexity index is 719. The van der Waals surface area contributed by atoms with E-state index in [2.05, 4.69) is 0 Å². The number of aliphatic hydroxyl groups is 1. The Kier molecular flexibility index (Phi) is 5.06. The second-order valence-corrected chi connectivity index (χ2v) is 5.13. The fourth-order valence-electron chi connectivity index (χ4n) is 2.20. The topological polar surface area (TPSA) is 37.3 Å². The summed E-state index contributed by atoms with van der Waals surface area (Å²) in [7, 11) is 0. The van der Waals surface area contributed by atoms with Crippen molar-refractivity contribution in [3.05, 3.63) is 88.7 Å². The number of benzene rings is 2. The molecule has 0 aliphatic carbocycles. The van der Waals surface area contributed by atoms with Crippen LogP contribution < -0.4 is 0 Å². The molecule has 0 aromatic heterocycles. The molecule has 0 radical (unpaired) electrons. The van der Waals surface area contributed by atoms with Crippen molar-refractivity contribution in [2.75, 3.05) is 0 Å². The first-order valence-corrected chi connectivity index (χ1v) is 7.03. The van der Waals surface area contributed by atoms with Gasteiger partial charge in [0.05, 0.1) is 11.3 Å². The minimum absolute atomic E-state index is 0.112. The molecule has 0 amide bonds. The second-order valence-electron chi connectivity index (χ2n) is 5.13. The molecule has 0 heterocycles. The maximum atomic E-state index is 13.2. The molecule has 0 bridgehead atoms. The fraction of sp³-hybridized carbons (Fsp3) is 0.105. The lowest BCUT2D eigenvalue weighted by Crippen LogP contribution is -1.99. The lowest BCUT2D eigenvalue weighted by molar-refractivity contribution is -0.113. The monoisotopic (exact) mass is 314 g/mol. The van der Waals surface area contributed by atoms with Crippen molar-refractivity contribution >= 4 is 11.4 Å². The van der Waals surface area contributed by atoms with Crippen molar-refractivity contribution in [3.8, 4) is 0 Å². The number of carbonyl (C=O) groups excluding carboxylic acids is 1. The molecule has 0 spiro atoms. The summed E-state index contributed by atoms with van der Waals surface area (Å²) in [5.74, 6) is -1.17. The van der Waals surface area contributed by atoms with Gasteiger partial charge >= 0.3 is 0 Å². The minimum Gasteiger partial charge on any atom is -0.512 e. The number of hydrogen-bond donors (Lipinski definition) is 1. The van der Waals surface area contributed by atoms with Gasteiger partial charge in [0.1, 0.15) is 11.6 Å². The predicted octanol–water partition coefficient (Wildman–Crippen LogP) is 4.82. The Morgan fingerprint density at radius 3 is 1.57 bits per heavy atom. The summed E-state index contributed by atoms with van der Waals surface area (Å²) >= 11 is 0. The van der Waals surface area contributed by atoms with Crippen molar-refractivity contribution in [1.29, 1.82) is 0 Å². The minimum atomic E-state index is -0.382. The van der Waals surface area contributed by atoms with Crippen LogP contribution in [0.25, 0.3) is 5.57 Å². The maximum absolute atomic E-state index is 13.2. The van der Waals surface area contributed by atoms with Gasteiger partial charge in [-0.25, -0.2) is 8.78 Å². The van der Waals surface area contributed by atoms with Gasteiger partial charge in [0, 0.05) is 0 Å². The first-order chi connectivity index (χ1) is 10.9. The molecule has 1 N–H and O–H groups in total. The lowest BCUT2D eigenvalue weighted by Gasteiger charge is -2.10. The van der Waals surface area contributed by atoms with Gasteiger partial charge in [-0.2, -0.15) is 0 Å². The summed E-state index contributed by atoms with van der Waals surface area (Å²) in [6.45, 7) is 2.76. The van der Waals surface area contributed by atoms with Crippen LogP contribution in [-0.2, 0) is 4.79 Å². The fourth-order valence-corrected chi connectivity index (χ4v) is 2.20. The summed E-state index contributed by atoms with van der Waals surface area (Å²) in [4.78, 5) is 11.7. The Morgan fingerprint density at radius 2 is 1.26 bits per heavy atom. The Balaban J connectivity index is 2.64. The van der Waals surface area contributed by atoms with Gasteiger partial charge in [-0.3, -0.25) is 4.79 Å². The number of ketones is 1. The smallest absolute Gasteiger partial charge is 0.163 e. The Morgan fingerprint density at radius 1 is 0.870 bits per heavy atom. The zero-order chi connectivity index (χ0) is 17.0. The molecule has 0 aliphatic rings. The molecule has 2 aromatic rings. The number of rotatable bonds is 4. The zero-order valence-corrected chi connectivity index (χ0v) is 12.8. The van der Waals surface area contributed by atoms with E-state index in [1.54, 1.807) is 24.3 Å². The third kappa shape index (κ3) is 4.13. The molecule has 0 fully saturated rings. The molecule has 0 aliphatic heterocycles. The van der Waals surface area contributed by atoms with Gasteiger partial charge in [-0.05, 0) is 60.9 Å². The van der Waals surface area contributed by atoms with Crippen molar-refractivity contribution in [2.24, 2.45) is 0 Å². The average molecular weight is 314 g/mol. The summed E-state index contributed by atoms with van der Waals surface area (Å²) in [5.41, 5.74) is 2.04. The number of allylic oxidation sites excluding steroid dienone is 3.